The first kappa shape index (κ1) is 14.8. The van der Waals surface area contributed by atoms with Crippen LogP contribution in [0, 0.1) is 13.8 Å². The van der Waals surface area contributed by atoms with Gasteiger partial charge in [-0.15, -0.1) is 0 Å². The smallest absolute Gasteiger partial charge is 0.0750 e. The summed E-state index contributed by atoms with van der Waals surface area (Å²) in [6.45, 7) is 8.76. The van der Waals surface area contributed by atoms with Gasteiger partial charge < -0.3 is 0 Å². The van der Waals surface area contributed by atoms with Gasteiger partial charge in [-0.1, -0.05) is 56.3 Å². The Morgan fingerprint density at radius 1 is 0.727 bits per heavy atom. The molecule has 0 spiro atoms. The molecule has 22 heavy (non-hydrogen) atoms. The largest absolute Gasteiger partial charge is 0.248 e. The lowest BCUT2D eigenvalue weighted by Crippen LogP contribution is -2.00. The first-order valence-corrected chi connectivity index (χ1v) is 8.14. The van der Waals surface area contributed by atoms with E-state index < -0.39 is 0 Å². The van der Waals surface area contributed by atoms with E-state index in [-0.39, 0.29) is 0 Å². The average Bonchev–Trinajstić information content (AvgIpc) is 2.84. The molecule has 0 saturated heterocycles. The average molecular weight is 289 g/mol. The molecule has 0 unspecified atom stereocenters. The molecular weight excluding hydrogens is 266 g/mol. The van der Waals surface area contributed by atoms with E-state index in [9.17, 15) is 0 Å². The van der Waals surface area contributed by atoms with Crippen LogP contribution in [0.2, 0.25) is 0 Å². The molecule has 0 aromatic heterocycles. The molecule has 1 aliphatic carbocycles. The molecule has 1 aliphatic rings. The van der Waals surface area contributed by atoms with E-state index in [2.05, 4.69) is 70.2 Å². The van der Waals surface area contributed by atoms with Crippen LogP contribution in [0.15, 0.2) is 53.0 Å². The number of aryl methyl sites for hydroxylation is 2. The van der Waals surface area contributed by atoms with Gasteiger partial charge in [0.15, 0.2) is 0 Å². The fourth-order valence-corrected chi connectivity index (χ4v) is 3.43. The predicted octanol–water partition coefficient (Wildman–Crippen LogP) is 6.01. The van der Waals surface area contributed by atoms with Crippen LogP contribution in [0.1, 0.15) is 48.9 Å². The van der Waals surface area contributed by atoms with Crippen molar-refractivity contribution in [2.24, 2.45) is 4.99 Å². The minimum absolute atomic E-state index is 1.03. The van der Waals surface area contributed by atoms with E-state index in [1.54, 1.807) is 0 Å². The topological polar surface area (TPSA) is 12.4 Å². The highest BCUT2D eigenvalue weighted by Gasteiger charge is 2.25. The van der Waals surface area contributed by atoms with Gasteiger partial charge in [0.05, 0.1) is 11.4 Å². The fourth-order valence-electron chi connectivity index (χ4n) is 3.43. The highest BCUT2D eigenvalue weighted by atomic mass is 14.8. The zero-order valence-corrected chi connectivity index (χ0v) is 13.9. The standard InChI is InChI=1S/C21H23N/c1-5-16-17(6-2)21(19-13-8-7-12-18(16)19)22-20-14(3)10-9-11-15(20)4/h7-13H,5-6H2,1-4H3. The monoisotopic (exact) mass is 289 g/mol. The molecule has 1 nitrogen and oxygen atoms in total. The van der Waals surface area contributed by atoms with Gasteiger partial charge in [-0.25, -0.2) is 4.99 Å². The van der Waals surface area contributed by atoms with Crippen molar-refractivity contribution in [1.82, 2.24) is 0 Å². The predicted molar refractivity (Wildman–Crippen MR) is 96.1 cm³/mol. The van der Waals surface area contributed by atoms with E-state index in [0.29, 0.717) is 0 Å². The summed E-state index contributed by atoms with van der Waals surface area (Å²) in [6, 6.07) is 15.1. The van der Waals surface area contributed by atoms with Gasteiger partial charge in [-0.3, -0.25) is 0 Å². The lowest BCUT2D eigenvalue weighted by atomic mass is 10.0. The van der Waals surface area contributed by atoms with Crippen molar-refractivity contribution < 1.29 is 0 Å². The number of benzene rings is 2. The zero-order valence-electron chi connectivity index (χ0n) is 13.9. The number of hydrogen-bond donors (Lipinski definition) is 0. The molecule has 0 amide bonds. The molecule has 0 atom stereocenters. The molecule has 0 saturated carbocycles. The van der Waals surface area contributed by atoms with Crippen LogP contribution < -0.4 is 0 Å². The second kappa shape index (κ2) is 5.92. The molecule has 2 aromatic rings. The summed E-state index contributed by atoms with van der Waals surface area (Å²) >= 11 is 0. The molecule has 112 valence electrons. The lowest BCUT2D eigenvalue weighted by Gasteiger charge is -2.09. The Morgan fingerprint density at radius 2 is 1.32 bits per heavy atom. The Bertz CT molecular complexity index is 758. The SMILES string of the molecule is CCC1=C(CC)c2ccccc2C1=Nc1c(C)cccc1C. The lowest BCUT2D eigenvalue weighted by molar-refractivity contribution is 1.14. The molecule has 3 rings (SSSR count). The van der Waals surface area contributed by atoms with Crippen LogP contribution in [-0.2, 0) is 0 Å². The highest BCUT2D eigenvalue weighted by molar-refractivity contribution is 6.24. The van der Waals surface area contributed by atoms with Gasteiger partial charge in [0.25, 0.3) is 0 Å². The first-order chi connectivity index (χ1) is 10.7. The van der Waals surface area contributed by atoms with Crippen molar-refractivity contribution in [2.75, 3.05) is 0 Å². The maximum atomic E-state index is 5.11. The van der Waals surface area contributed by atoms with Crippen molar-refractivity contribution in [3.05, 3.63) is 70.3 Å². The summed E-state index contributed by atoms with van der Waals surface area (Å²) in [6.07, 6.45) is 2.09. The minimum atomic E-state index is 1.03. The number of aliphatic imine (C=N–C) groups is 1. The van der Waals surface area contributed by atoms with E-state index >= 15 is 0 Å². The number of fused-ring (bicyclic) bond motifs is 1. The maximum absolute atomic E-state index is 5.11. The number of hydrogen-bond acceptors (Lipinski definition) is 1. The molecule has 0 bridgehead atoms. The van der Waals surface area contributed by atoms with Gasteiger partial charge in [-0.2, -0.15) is 0 Å². The molecule has 0 fully saturated rings. The van der Waals surface area contributed by atoms with E-state index in [0.717, 1.165) is 18.5 Å². The van der Waals surface area contributed by atoms with Crippen LogP contribution in [0.5, 0.6) is 0 Å². The second-order valence-corrected chi connectivity index (χ2v) is 5.91. The molecule has 2 aromatic carbocycles. The summed E-state index contributed by atoms with van der Waals surface area (Å²) in [5.74, 6) is 0. The Labute approximate surface area is 133 Å². The molecule has 1 heteroatoms. The fraction of sp³-hybridized carbons (Fsp3) is 0.286. The highest BCUT2D eigenvalue weighted by Crippen LogP contribution is 2.38. The number of allylic oxidation sites excluding steroid dienone is 2. The third kappa shape index (κ3) is 2.31. The summed E-state index contributed by atoms with van der Waals surface area (Å²) in [4.78, 5) is 5.11. The third-order valence-corrected chi connectivity index (χ3v) is 4.53. The Morgan fingerprint density at radius 3 is 1.91 bits per heavy atom. The van der Waals surface area contributed by atoms with Crippen molar-refractivity contribution in [3.8, 4) is 0 Å². The Hall–Kier alpha value is -2.15. The van der Waals surface area contributed by atoms with Gasteiger partial charge in [0.1, 0.15) is 0 Å². The Kier molecular flexibility index (Phi) is 3.98. The molecular formula is C21H23N. The number of rotatable bonds is 3. The third-order valence-electron chi connectivity index (χ3n) is 4.53. The number of para-hydroxylation sites is 1. The van der Waals surface area contributed by atoms with Crippen molar-refractivity contribution >= 4 is 17.0 Å². The van der Waals surface area contributed by atoms with E-state index in [1.807, 2.05) is 0 Å². The quantitative estimate of drug-likeness (QED) is 0.656. The number of nitrogens with zero attached hydrogens (tertiary/aromatic N) is 1. The van der Waals surface area contributed by atoms with Crippen LogP contribution in [-0.4, -0.2) is 5.71 Å². The second-order valence-electron chi connectivity index (χ2n) is 5.91. The van der Waals surface area contributed by atoms with E-state index in [4.69, 9.17) is 4.99 Å². The molecule has 0 radical (unpaired) electrons. The minimum Gasteiger partial charge on any atom is -0.248 e. The van der Waals surface area contributed by atoms with Gasteiger partial charge >= 0.3 is 0 Å². The van der Waals surface area contributed by atoms with E-state index in [1.165, 1.54) is 39.1 Å². The summed E-state index contributed by atoms with van der Waals surface area (Å²) in [5.41, 5.74) is 10.3. The zero-order chi connectivity index (χ0) is 15.7. The maximum Gasteiger partial charge on any atom is 0.0750 e. The van der Waals surface area contributed by atoms with Gasteiger partial charge in [-0.05, 0) is 54.5 Å². The van der Waals surface area contributed by atoms with Gasteiger partial charge in [0.2, 0.25) is 0 Å². The van der Waals surface area contributed by atoms with Crippen molar-refractivity contribution in [3.63, 3.8) is 0 Å². The van der Waals surface area contributed by atoms with Crippen LogP contribution in [0.25, 0.3) is 5.57 Å². The van der Waals surface area contributed by atoms with Crippen LogP contribution in [0.3, 0.4) is 0 Å². The summed E-state index contributed by atoms with van der Waals surface area (Å²) in [5, 5.41) is 0. The Balaban J connectivity index is 2.25. The van der Waals surface area contributed by atoms with Crippen LogP contribution in [0.4, 0.5) is 5.69 Å². The van der Waals surface area contributed by atoms with Crippen molar-refractivity contribution in [1.29, 1.82) is 0 Å². The van der Waals surface area contributed by atoms with Gasteiger partial charge in [0, 0.05) is 5.56 Å². The van der Waals surface area contributed by atoms with Crippen molar-refractivity contribution in [2.45, 2.75) is 40.5 Å². The molecule has 0 N–H and O–H groups in total. The molecule has 0 heterocycles. The summed E-state index contributed by atoms with van der Waals surface area (Å²) < 4.78 is 0. The first-order valence-electron chi connectivity index (χ1n) is 8.14. The van der Waals surface area contributed by atoms with Crippen LogP contribution >= 0.6 is 0 Å². The normalized spacial score (nSPS) is 15.5. The summed E-state index contributed by atoms with van der Waals surface area (Å²) in [7, 11) is 0. The molecule has 0 aliphatic heterocycles.